The molecule has 0 aliphatic carbocycles. The third kappa shape index (κ3) is 4.09. The molecule has 0 radical (unpaired) electrons. The summed E-state index contributed by atoms with van der Waals surface area (Å²) in [6, 6.07) is 0. The number of likely N-dealkylation sites (tertiary alicyclic amines) is 1. The minimum Gasteiger partial charge on any atom is -0.465 e. The van der Waals surface area contributed by atoms with Crippen molar-refractivity contribution in [2.24, 2.45) is 5.92 Å². The fraction of sp³-hybridized carbons (Fsp3) is 0.667. The van der Waals surface area contributed by atoms with Gasteiger partial charge in [0.2, 0.25) is 0 Å². The van der Waals surface area contributed by atoms with Gasteiger partial charge in [-0.05, 0) is 12.8 Å². The fourth-order valence-corrected chi connectivity index (χ4v) is 1.66. The number of nitrogens with zero attached hydrogens (tertiary/aromatic N) is 1. The third-order valence-corrected chi connectivity index (χ3v) is 2.55. The van der Waals surface area contributed by atoms with Crippen molar-refractivity contribution < 1.29 is 19.1 Å². The van der Waals surface area contributed by atoms with E-state index in [-0.39, 0.29) is 18.5 Å². The summed E-state index contributed by atoms with van der Waals surface area (Å²) in [5, 5.41) is 0. The largest absolute Gasteiger partial charge is 0.465 e. The molecule has 1 aliphatic rings. The first-order chi connectivity index (χ1) is 8.19. The Morgan fingerprint density at radius 2 is 2.24 bits per heavy atom. The number of hydrogen-bond acceptors (Lipinski definition) is 4. The van der Waals surface area contributed by atoms with Crippen LogP contribution in [0.5, 0.6) is 0 Å². The second-order valence-corrected chi connectivity index (χ2v) is 3.96. The van der Waals surface area contributed by atoms with Gasteiger partial charge >= 0.3 is 12.1 Å². The molecule has 0 bridgehead atoms. The van der Waals surface area contributed by atoms with E-state index in [1.54, 1.807) is 0 Å². The standard InChI is InChI=1S/C12H19NO4/c1-3-7-16-11(14)10-5-6-13(9-10)12(15)17-8-4-2/h4,10H,2-3,5-9H2,1H3. The number of carbonyl (C=O) groups excluding carboxylic acids is 2. The van der Waals surface area contributed by atoms with Crippen molar-refractivity contribution >= 4 is 12.1 Å². The van der Waals surface area contributed by atoms with Crippen LogP contribution in [-0.2, 0) is 14.3 Å². The van der Waals surface area contributed by atoms with E-state index < -0.39 is 6.09 Å². The highest BCUT2D eigenvalue weighted by atomic mass is 16.6. The first kappa shape index (κ1) is 13.5. The van der Waals surface area contributed by atoms with Crippen LogP contribution in [0.1, 0.15) is 19.8 Å². The zero-order valence-electron chi connectivity index (χ0n) is 10.2. The summed E-state index contributed by atoms with van der Waals surface area (Å²) in [5.74, 6) is -0.427. The summed E-state index contributed by atoms with van der Waals surface area (Å²) in [6.45, 7) is 6.98. The summed E-state index contributed by atoms with van der Waals surface area (Å²) in [5.41, 5.74) is 0. The highest BCUT2D eigenvalue weighted by molar-refractivity contribution is 5.75. The molecule has 0 N–H and O–H groups in total. The van der Waals surface area contributed by atoms with Crippen LogP contribution >= 0.6 is 0 Å². The smallest absolute Gasteiger partial charge is 0.410 e. The predicted octanol–water partition coefficient (Wildman–Crippen LogP) is 1.58. The molecular formula is C12H19NO4. The molecule has 1 atom stereocenters. The Balaban J connectivity index is 2.33. The molecule has 96 valence electrons. The van der Waals surface area contributed by atoms with Gasteiger partial charge in [-0.2, -0.15) is 0 Å². The SMILES string of the molecule is C=CCOC(=O)N1CCC(C(=O)OCCC)C1. The van der Waals surface area contributed by atoms with Gasteiger partial charge in [-0.15, -0.1) is 0 Å². The maximum atomic E-state index is 11.6. The van der Waals surface area contributed by atoms with E-state index in [9.17, 15) is 9.59 Å². The minimum absolute atomic E-state index is 0.195. The first-order valence-corrected chi connectivity index (χ1v) is 5.88. The Bertz CT molecular complexity index is 290. The molecule has 0 spiro atoms. The highest BCUT2D eigenvalue weighted by Crippen LogP contribution is 2.18. The molecule has 1 amide bonds. The topological polar surface area (TPSA) is 55.8 Å². The van der Waals surface area contributed by atoms with E-state index in [1.165, 1.54) is 11.0 Å². The molecule has 1 saturated heterocycles. The van der Waals surface area contributed by atoms with Crippen molar-refractivity contribution in [3.63, 3.8) is 0 Å². The number of hydrogen-bond donors (Lipinski definition) is 0. The van der Waals surface area contributed by atoms with Crippen molar-refractivity contribution in [1.82, 2.24) is 4.90 Å². The molecule has 17 heavy (non-hydrogen) atoms. The molecule has 1 aliphatic heterocycles. The molecule has 1 unspecified atom stereocenters. The molecule has 0 aromatic carbocycles. The van der Waals surface area contributed by atoms with E-state index in [4.69, 9.17) is 9.47 Å². The number of carbonyl (C=O) groups is 2. The molecule has 1 fully saturated rings. The van der Waals surface area contributed by atoms with Crippen LogP contribution in [0.3, 0.4) is 0 Å². The van der Waals surface area contributed by atoms with Crippen molar-refractivity contribution in [2.75, 3.05) is 26.3 Å². The lowest BCUT2D eigenvalue weighted by molar-refractivity contribution is -0.148. The summed E-state index contributed by atoms with van der Waals surface area (Å²) in [6.07, 6.45) is 2.58. The Kier molecular flexibility index (Phi) is 5.52. The Labute approximate surface area is 101 Å². The monoisotopic (exact) mass is 241 g/mol. The number of rotatable bonds is 5. The van der Waals surface area contributed by atoms with Crippen LogP contribution in [0.15, 0.2) is 12.7 Å². The van der Waals surface area contributed by atoms with Gasteiger partial charge in [0.15, 0.2) is 0 Å². The number of ether oxygens (including phenoxy) is 2. The lowest BCUT2D eigenvalue weighted by Gasteiger charge is -2.15. The van der Waals surface area contributed by atoms with E-state index in [1.807, 2.05) is 6.92 Å². The van der Waals surface area contributed by atoms with Crippen LogP contribution in [0.4, 0.5) is 4.79 Å². The lowest BCUT2D eigenvalue weighted by Crippen LogP contribution is -2.31. The molecule has 5 heteroatoms. The lowest BCUT2D eigenvalue weighted by atomic mass is 10.1. The van der Waals surface area contributed by atoms with Gasteiger partial charge in [-0.3, -0.25) is 4.79 Å². The van der Waals surface area contributed by atoms with E-state index in [2.05, 4.69) is 6.58 Å². The van der Waals surface area contributed by atoms with E-state index in [0.717, 1.165) is 6.42 Å². The summed E-state index contributed by atoms with van der Waals surface area (Å²) in [7, 11) is 0. The second kappa shape index (κ2) is 6.93. The van der Waals surface area contributed by atoms with Crippen LogP contribution in [0.25, 0.3) is 0 Å². The van der Waals surface area contributed by atoms with E-state index in [0.29, 0.717) is 26.1 Å². The third-order valence-electron chi connectivity index (χ3n) is 2.55. The summed E-state index contributed by atoms with van der Waals surface area (Å²) >= 11 is 0. The summed E-state index contributed by atoms with van der Waals surface area (Å²) < 4.78 is 9.95. The second-order valence-electron chi connectivity index (χ2n) is 3.96. The normalized spacial score (nSPS) is 18.9. The van der Waals surface area contributed by atoms with Crippen molar-refractivity contribution in [3.05, 3.63) is 12.7 Å². The molecule has 0 aromatic heterocycles. The quantitative estimate of drug-likeness (QED) is 0.541. The van der Waals surface area contributed by atoms with Gasteiger partial charge in [0, 0.05) is 13.1 Å². The van der Waals surface area contributed by atoms with Crippen LogP contribution < -0.4 is 0 Å². The van der Waals surface area contributed by atoms with Crippen LogP contribution in [0.2, 0.25) is 0 Å². The maximum absolute atomic E-state index is 11.6. The van der Waals surface area contributed by atoms with Gasteiger partial charge in [0.05, 0.1) is 12.5 Å². The Morgan fingerprint density at radius 3 is 2.88 bits per heavy atom. The predicted molar refractivity (Wildman–Crippen MR) is 62.5 cm³/mol. The van der Waals surface area contributed by atoms with Gasteiger partial charge in [0.1, 0.15) is 6.61 Å². The zero-order valence-corrected chi connectivity index (χ0v) is 10.2. The van der Waals surface area contributed by atoms with E-state index >= 15 is 0 Å². The Hall–Kier alpha value is -1.52. The van der Waals surface area contributed by atoms with Crippen LogP contribution in [-0.4, -0.2) is 43.3 Å². The maximum Gasteiger partial charge on any atom is 0.410 e. The molecular weight excluding hydrogens is 222 g/mol. The molecule has 1 rings (SSSR count). The Morgan fingerprint density at radius 1 is 1.47 bits per heavy atom. The number of amides is 1. The van der Waals surface area contributed by atoms with Gasteiger partial charge in [-0.25, -0.2) is 4.79 Å². The fourth-order valence-electron chi connectivity index (χ4n) is 1.66. The average Bonchev–Trinajstić information content (AvgIpc) is 2.82. The molecule has 5 nitrogen and oxygen atoms in total. The first-order valence-electron chi connectivity index (χ1n) is 5.88. The molecule has 0 saturated carbocycles. The van der Waals surface area contributed by atoms with Crippen molar-refractivity contribution in [1.29, 1.82) is 0 Å². The van der Waals surface area contributed by atoms with Crippen molar-refractivity contribution in [3.8, 4) is 0 Å². The molecule has 0 aromatic rings. The number of esters is 1. The zero-order chi connectivity index (χ0) is 12.7. The van der Waals surface area contributed by atoms with Crippen LogP contribution in [0, 0.1) is 5.92 Å². The average molecular weight is 241 g/mol. The minimum atomic E-state index is -0.393. The van der Waals surface area contributed by atoms with Crippen molar-refractivity contribution in [2.45, 2.75) is 19.8 Å². The highest BCUT2D eigenvalue weighted by Gasteiger charge is 2.32. The van der Waals surface area contributed by atoms with Gasteiger partial charge in [0.25, 0.3) is 0 Å². The summed E-state index contributed by atoms with van der Waals surface area (Å²) in [4.78, 5) is 24.6. The van der Waals surface area contributed by atoms with Gasteiger partial charge in [-0.1, -0.05) is 19.6 Å². The molecule has 1 heterocycles. The van der Waals surface area contributed by atoms with Gasteiger partial charge < -0.3 is 14.4 Å².